The molecule has 106 valence electrons. The van der Waals surface area contributed by atoms with E-state index in [0.29, 0.717) is 0 Å². The van der Waals surface area contributed by atoms with Crippen LogP contribution in [0.15, 0.2) is 48.5 Å². The van der Waals surface area contributed by atoms with Gasteiger partial charge in [0.2, 0.25) is 0 Å². The van der Waals surface area contributed by atoms with Gasteiger partial charge in [0.15, 0.2) is 0 Å². The fourth-order valence-electron chi connectivity index (χ4n) is 1.29. The minimum atomic E-state index is -1.36. The van der Waals surface area contributed by atoms with Crippen molar-refractivity contribution in [2.24, 2.45) is 0 Å². The Morgan fingerprint density at radius 2 is 1.00 bits per heavy atom. The fraction of sp³-hybridized carbons (Fsp3) is 0. The van der Waals surface area contributed by atoms with Gasteiger partial charge in [0.05, 0.1) is 11.9 Å². The Labute approximate surface area is 137 Å². The first-order chi connectivity index (χ1) is 9.43. The molecule has 2 rings (SSSR count). The third-order valence-electron chi connectivity index (χ3n) is 2.25. The topological polar surface area (TPSA) is 121 Å². The number of aromatic hydroxyl groups is 2. The van der Waals surface area contributed by atoms with Gasteiger partial charge in [-0.25, -0.2) is 0 Å². The van der Waals surface area contributed by atoms with Gasteiger partial charge >= 0.3 is 23.9 Å². The van der Waals surface area contributed by atoms with Crippen LogP contribution in [0.25, 0.3) is 0 Å². The molecule has 0 fully saturated rings. The van der Waals surface area contributed by atoms with Gasteiger partial charge < -0.3 is 30.0 Å². The van der Waals surface area contributed by atoms with E-state index >= 15 is 0 Å². The van der Waals surface area contributed by atoms with E-state index in [-0.39, 0.29) is 46.5 Å². The van der Waals surface area contributed by atoms with Crippen LogP contribution in [-0.4, -0.2) is 46.1 Å². The molecule has 0 saturated heterocycles. The summed E-state index contributed by atoms with van der Waals surface area (Å²) in [5.41, 5.74) is -0.356. The number of para-hydroxylation sites is 2. The van der Waals surface area contributed by atoms with Gasteiger partial charge in [-0.05, 0) is 24.3 Å². The first kappa shape index (κ1) is 18.8. The average molecular weight is 393 g/mol. The molecule has 0 unspecified atom stereocenters. The van der Waals surface area contributed by atoms with Crippen molar-refractivity contribution in [2.45, 2.75) is 0 Å². The number of benzene rings is 2. The van der Waals surface area contributed by atoms with Gasteiger partial charge in [-0.3, -0.25) is 0 Å². The normalized spacial score (nSPS) is 8.76. The van der Waals surface area contributed by atoms with E-state index in [1.54, 1.807) is 12.1 Å². The first-order valence-corrected chi connectivity index (χ1v) is 5.42. The van der Waals surface area contributed by atoms with Crippen LogP contribution in [0.3, 0.4) is 0 Å². The van der Waals surface area contributed by atoms with Gasteiger partial charge in [0.25, 0.3) is 0 Å². The Kier molecular flexibility index (Phi) is 7.92. The maximum atomic E-state index is 10.2. The van der Waals surface area contributed by atoms with Crippen LogP contribution in [0.2, 0.25) is 0 Å². The molecule has 0 aromatic heterocycles. The average Bonchev–Trinajstić information content (AvgIpc) is 2.40. The second kappa shape index (κ2) is 8.85. The molecule has 2 aromatic carbocycles. The molecule has 0 aliphatic rings. The quantitative estimate of drug-likeness (QED) is 0.641. The molecule has 0 aliphatic heterocycles. The van der Waals surface area contributed by atoms with Crippen LogP contribution in [0.1, 0.15) is 20.7 Å². The third kappa shape index (κ3) is 5.74. The van der Waals surface area contributed by atoms with Crippen molar-refractivity contribution >= 4 is 35.8 Å². The maximum absolute atomic E-state index is 10.2. The van der Waals surface area contributed by atoms with Crippen molar-refractivity contribution in [2.75, 3.05) is 0 Å². The van der Waals surface area contributed by atoms with Gasteiger partial charge in [-0.2, -0.15) is 0 Å². The number of hydrogen-bond acceptors (Lipinski definition) is 6. The molecule has 2 radical (unpaired) electrons. The zero-order valence-electron chi connectivity index (χ0n) is 10.6. The SMILES string of the molecule is O=C([O-])c1ccccc1O.O=C([O-])c1ccccc1O.[Sn+2]. The summed E-state index contributed by atoms with van der Waals surface area (Å²) in [6, 6.07) is 11.3. The minimum absolute atomic E-state index is 0. The summed E-state index contributed by atoms with van der Waals surface area (Å²) >= 11 is 0. The molecular formula is C14H10O6Sn. The molecule has 0 aliphatic carbocycles. The summed E-state index contributed by atoms with van der Waals surface area (Å²) in [4.78, 5) is 20.3. The van der Waals surface area contributed by atoms with E-state index in [1.807, 2.05) is 0 Å². The van der Waals surface area contributed by atoms with Gasteiger partial charge in [-0.1, -0.05) is 24.3 Å². The Morgan fingerprint density at radius 1 is 0.714 bits per heavy atom. The number of phenols is 2. The maximum Gasteiger partial charge on any atom is 2.00 e. The van der Waals surface area contributed by atoms with Gasteiger partial charge in [0.1, 0.15) is 11.5 Å². The molecule has 6 nitrogen and oxygen atoms in total. The summed E-state index contributed by atoms with van der Waals surface area (Å²) in [5, 5.41) is 38.0. The van der Waals surface area contributed by atoms with Gasteiger partial charge in [-0.15, -0.1) is 0 Å². The smallest absolute Gasteiger partial charge is 0.545 e. The number of carboxylic acid groups (broad SMARTS) is 2. The third-order valence-corrected chi connectivity index (χ3v) is 2.25. The van der Waals surface area contributed by atoms with Crippen molar-refractivity contribution in [3.05, 3.63) is 59.7 Å². The Hall–Kier alpha value is -2.22. The second-order valence-electron chi connectivity index (χ2n) is 3.61. The monoisotopic (exact) mass is 394 g/mol. The summed E-state index contributed by atoms with van der Waals surface area (Å²) in [5.74, 6) is -3.25. The zero-order valence-corrected chi connectivity index (χ0v) is 13.5. The van der Waals surface area contributed by atoms with E-state index in [0.717, 1.165) is 0 Å². The molecule has 0 amide bonds. The van der Waals surface area contributed by atoms with Crippen molar-refractivity contribution in [3.63, 3.8) is 0 Å². The van der Waals surface area contributed by atoms with Crippen molar-refractivity contribution in [1.29, 1.82) is 0 Å². The number of carbonyl (C=O) groups excluding carboxylic acids is 2. The number of aromatic carboxylic acids is 2. The van der Waals surface area contributed by atoms with Crippen LogP contribution in [0.5, 0.6) is 11.5 Å². The van der Waals surface area contributed by atoms with E-state index in [9.17, 15) is 19.8 Å². The molecule has 0 heterocycles. The number of carboxylic acids is 2. The minimum Gasteiger partial charge on any atom is -0.545 e. The molecule has 7 heteroatoms. The number of hydrogen-bond donors (Lipinski definition) is 2. The number of carbonyl (C=O) groups is 2. The summed E-state index contributed by atoms with van der Waals surface area (Å²) in [6.07, 6.45) is 0. The van der Waals surface area contributed by atoms with Crippen LogP contribution < -0.4 is 10.2 Å². The van der Waals surface area contributed by atoms with Crippen molar-refractivity contribution in [1.82, 2.24) is 0 Å². The number of rotatable bonds is 2. The molecule has 2 N–H and O–H groups in total. The Balaban J connectivity index is 0.000000364. The first-order valence-electron chi connectivity index (χ1n) is 5.42. The van der Waals surface area contributed by atoms with Crippen LogP contribution in [-0.2, 0) is 0 Å². The summed E-state index contributed by atoms with van der Waals surface area (Å²) in [6.45, 7) is 0. The molecule has 21 heavy (non-hydrogen) atoms. The summed E-state index contributed by atoms with van der Waals surface area (Å²) < 4.78 is 0. The van der Waals surface area contributed by atoms with Crippen LogP contribution in [0, 0.1) is 0 Å². The van der Waals surface area contributed by atoms with E-state index in [1.165, 1.54) is 36.4 Å². The standard InChI is InChI=1S/2C7H6O3.Sn/c2*8-6-4-2-1-3-5(6)7(9)10;/h2*1-4,8H,(H,9,10);/q;;+2/p-2. The summed E-state index contributed by atoms with van der Waals surface area (Å²) in [7, 11) is 0. The largest absolute Gasteiger partial charge is 2.00 e. The zero-order chi connectivity index (χ0) is 15.1. The van der Waals surface area contributed by atoms with E-state index in [4.69, 9.17) is 10.2 Å². The predicted octanol–water partition coefficient (Wildman–Crippen LogP) is -0.869. The molecule has 0 saturated carbocycles. The van der Waals surface area contributed by atoms with Crippen molar-refractivity contribution < 1.29 is 30.0 Å². The molecular weight excluding hydrogens is 383 g/mol. The van der Waals surface area contributed by atoms with E-state index in [2.05, 4.69) is 0 Å². The second-order valence-corrected chi connectivity index (χ2v) is 3.61. The van der Waals surface area contributed by atoms with E-state index < -0.39 is 11.9 Å². The van der Waals surface area contributed by atoms with Gasteiger partial charge in [0, 0.05) is 11.1 Å². The van der Waals surface area contributed by atoms with Crippen LogP contribution in [0.4, 0.5) is 0 Å². The molecule has 0 bridgehead atoms. The van der Waals surface area contributed by atoms with Crippen LogP contribution >= 0.6 is 0 Å². The molecule has 0 spiro atoms. The predicted molar refractivity (Wildman–Crippen MR) is 70.6 cm³/mol. The Morgan fingerprint density at radius 3 is 1.19 bits per heavy atom. The molecule has 0 atom stereocenters. The fourth-order valence-corrected chi connectivity index (χ4v) is 1.29. The van der Waals surface area contributed by atoms with Crippen molar-refractivity contribution in [3.8, 4) is 11.5 Å². The molecule has 2 aromatic rings. The Bertz CT molecular complexity index is 571.